The van der Waals surface area contributed by atoms with Gasteiger partial charge < -0.3 is 9.84 Å². The molecule has 1 aliphatic heterocycles. The second kappa shape index (κ2) is 8.46. The molecule has 0 saturated carbocycles. The fourth-order valence-electron chi connectivity index (χ4n) is 3.90. The summed E-state index contributed by atoms with van der Waals surface area (Å²) in [5.74, 6) is -1.03. The van der Waals surface area contributed by atoms with Crippen molar-refractivity contribution in [3.63, 3.8) is 0 Å². The lowest BCUT2D eigenvalue weighted by Crippen LogP contribution is -2.29. The number of aromatic nitrogens is 1. The third kappa shape index (κ3) is 3.71. The highest BCUT2D eigenvalue weighted by Gasteiger charge is 2.48. The van der Waals surface area contributed by atoms with Gasteiger partial charge in [-0.15, -0.1) is 0 Å². The molecule has 1 N–H and O–H groups in total. The summed E-state index contributed by atoms with van der Waals surface area (Å²) < 4.78 is 6.91. The highest BCUT2D eigenvalue weighted by Crippen LogP contribution is 2.44. The topological polar surface area (TPSA) is 79.7 Å². The summed E-state index contributed by atoms with van der Waals surface area (Å²) in [4.78, 5) is 32.5. The van der Waals surface area contributed by atoms with Crippen molar-refractivity contribution in [2.24, 2.45) is 0 Å². The number of amides is 1. The minimum absolute atomic E-state index is 0.0288. The summed E-state index contributed by atoms with van der Waals surface area (Å²) >= 11 is 4.76. The molecule has 164 valence electrons. The molecule has 1 atom stereocenters. The second-order valence-corrected chi connectivity index (χ2v) is 9.34. The number of fused-ring (bicyclic) bond motifs is 1. The molecule has 8 heteroatoms. The number of hydrogen-bond donors (Lipinski definition) is 1. The first kappa shape index (κ1) is 21.4. The van der Waals surface area contributed by atoms with Crippen molar-refractivity contribution in [3.8, 4) is 5.75 Å². The molecule has 1 fully saturated rings. The Morgan fingerprint density at radius 1 is 1.06 bits per heavy atom. The number of rotatable bonds is 4. The average molecular weight is 521 g/mol. The summed E-state index contributed by atoms with van der Waals surface area (Å²) in [5.41, 5.74) is 1.86. The smallest absolute Gasteiger partial charge is 0.301 e. The van der Waals surface area contributed by atoms with E-state index in [0.29, 0.717) is 27.5 Å². The molecule has 1 saturated heterocycles. The lowest BCUT2D eigenvalue weighted by molar-refractivity contribution is -0.132. The first-order chi connectivity index (χ1) is 16.0. The monoisotopic (exact) mass is 520 g/mol. The predicted molar refractivity (Wildman–Crippen MR) is 132 cm³/mol. The maximum atomic E-state index is 13.3. The molecule has 33 heavy (non-hydrogen) atoms. The summed E-state index contributed by atoms with van der Waals surface area (Å²) in [6.45, 7) is 0. The molecule has 0 radical (unpaired) electrons. The van der Waals surface area contributed by atoms with E-state index in [1.165, 1.54) is 16.2 Å². The van der Waals surface area contributed by atoms with Crippen LogP contribution in [0.25, 0.3) is 16.0 Å². The van der Waals surface area contributed by atoms with Crippen LogP contribution in [0, 0.1) is 0 Å². The molecular weight excluding hydrogens is 504 g/mol. The van der Waals surface area contributed by atoms with Crippen molar-refractivity contribution >= 4 is 60.1 Å². The van der Waals surface area contributed by atoms with Crippen LogP contribution in [0.5, 0.6) is 5.75 Å². The number of carbonyl (C=O) groups is 2. The van der Waals surface area contributed by atoms with Gasteiger partial charge in [-0.1, -0.05) is 69.7 Å². The Morgan fingerprint density at radius 3 is 2.58 bits per heavy atom. The van der Waals surface area contributed by atoms with Crippen molar-refractivity contribution in [1.82, 2.24) is 4.98 Å². The Labute approximate surface area is 201 Å². The number of aliphatic hydroxyl groups is 1. The molecule has 0 bridgehead atoms. The molecule has 1 aliphatic rings. The van der Waals surface area contributed by atoms with Gasteiger partial charge in [-0.05, 0) is 35.9 Å². The van der Waals surface area contributed by atoms with E-state index in [0.717, 1.165) is 9.17 Å². The van der Waals surface area contributed by atoms with E-state index in [1.54, 1.807) is 37.4 Å². The van der Waals surface area contributed by atoms with E-state index in [1.807, 2.05) is 42.5 Å². The SMILES string of the molecule is COc1ccc2nc(N3C(=O)C(=O)C(=C(O)c4ccccc4)[C@@H]3c3cccc(Br)c3)sc2c1. The summed E-state index contributed by atoms with van der Waals surface area (Å²) in [7, 11) is 1.58. The van der Waals surface area contributed by atoms with Crippen molar-refractivity contribution < 1.29 is 19.4 Å². The lowest BCUT2D eigenvalue weighted by Gasteiger charge is -2.23. The fraction of sp³-hybridized carbons (Fsp3) is 0.0800. The number of thiazole rings is 1. The quantitative estimate of drug-likeness (QED) is 0.212. The van der Waals surface area contributed by atoms with Crippen molar-refractivity contribution in [2.45, 2.75) is 6.04 Å². The first-order valence-corrected chi connectivity index (χ1v) is 11.7. The number of anilines is 1. The number of methoxy groups -OCH3 is 1. The van der Waals surface area contributed by atoms with Gasteiger partial charge in [0.15, 0.2) is 5.13 Å². The van der Waals surface area contributed by atoms with E-state index >= 15 is 0 Å². The highest BCUT2D eigenvalue weighted by molar-refractivity contribution is 9.10. The highest BCUT2D eigenvalue weighted by atomic mass is 79.9. The zero-order valence-corrected chi connectivity index (χ0v) is 19.8. The predicted octanol–water partition coefficient (Wildman–Crippen LogP) is 5.69. The van der Waals surface area contributed by atoms with Crippen LogP contribution in [-0.4, -0.2) is 28.9 Å². The van der Waals surface area contributed by atoms with Crippen LogP contribution in [0.1, 0.15) is 17.2 Å². The minimum atomic E-state index is -0.829. The van der Waals surface area contributed by atoms with Gasteiger partial charge in [0.1, 0.15) is 11.5 Å². The van der Waals surface area contributed by atoms with Gasteiger partial charge in [-0.3, -0.25) is 14.5 Å². The maximum Gasteiger partial charge on any atom is 0.301 e. The lowest BCUT2D eigenvalue weighted by atomic mass is 9.95. The van der Waals surface area contributed by atoms with E-state index in [2.05, 4.69) is 20.9 Å². The van der Waals surface area contributed by atoms with Crippen molar-refractivity contribution in [1.29, 1.82) is 0 Å². The van der Waals surface area contributed by atoms with Gasteiger partial charge in [-0.2, -0.15) is 0 Å². The molecule has 2 heterocycles. The van der Waals surface area contributed by atoms with Crippen LogP contribution in [0.3, 0.4) is 0 Å². The molecule has 0 spiro atoms. The molecule has 1 amide bonds. The maximum absolute atomic E-state index is 13.3. The second-order valence-electron chi connectivity index (χ2n) is 7.42. The van der Waals surface area contributed by atoms with E-state index < -0.39 is 17.7 Å². The summed E-state index contributed by atoms with van der Waals surface area (Å²) in [5, 5.41) is 11.5. The van der Waals surface area contributed by atoms with Gasteiger partial charge in [0.25, 0.3) is 5.78 Å². The van der Waals surface area contributed by atoms with Crippen molar-refractivity contribution in [3.05, 3.63) is 94.0 Å². The van der Waals surface area contributed by atoms with Crippen molar-refractivity contribution in [2.75, 3.05) is 12.0 Å². The molecule has 5 rings (SSSR count). The van der Waals surface area contributed by atoms with Crippen LogP contribution < -0.4 is 9.64 Å². The van der Waals surface area contributed by atoms with Crippen LogP contribution >= 0.6 is 27.3 Å². The normalized spacial score (nSPS) is 17.6. The zero-order valence-electron chi connectivity index (χ0n) is 17.4. The standard InChI is InChI=1S/C25H17BrN2O4S/c1-32-17-10-11-18-19(13-17)33-25(27-18)28-21(15-8-5-9-16(26)12-15)20(23(30)24(28)31)22(29)14-6-3-2-4-7-14/h2-13,21,29H,1H3/t21-/m0/s1. The number of carbonyl (C=O) groups excluding carboxylic acids is 2. The molecule has 0 unspecified atom stereocenters. The third-order valence-electron chi connectivity index (χ3n) is 5.45. The summed E-state index contributed by atoms with van der Waals surface area (Å²) in [6.07, 6.45) is 0. The largest absolute Gasteiger partial charge is 0.507 e. The average Bonchev–Trinajstić information content (AvgIpc) is 3.37. The number of aliphatic hydroxyl groups excluding tert-OH is 1. The Bertz CT molecular complexity index is 1430. The molecule has 6 nitrogen and oxygen atoms in total. The molecule has 1 aromatic heterocycles. The van der Waals surface area contributed by atoms with E-state index in [9.17, 15) is 14.7 Å². The summed E-state index contributed by atoms with van der Waals surface area (Å²) in [6, 6.07) is 20.7. The van der Waals surface area contributed by atoms with Gasteiger partial charge in [0.05, 0.1) is 28.9 Å². The Kier molecular flexibility index (Phi) is 5.47. The fourth-order valence-corrected chi connectivity index (χ4v) is 5.33. The zero-order chi connectivity index (χ0) is 23.1. The van der Waals surface area contributed by atoms with Gasteiger partial charge >= 0.3 is 5.91 Å². The number of ketones is 1. The van der Waals surface area contributed by atoms with E-state index in [4.69, 9.17) is 4.74 Å². The number of nitrogens with zero attached hydrogens (tertiary/aromatic N) is 2. The number of halogens is 1. The third-order valence-corrected chi connectivity index (χ3v) is 6.96. The first-order valence-electron chi connectivity index (χ1n) is 10.0. The number of benzene rings is 3. The molecular formula is C25H17BrN2O4S. The van der Waals surface area contributed by atoms with Crippen LogP contribution in [-0.2, 0) is 9.59 Å². The van der Waals surface area contributed by atoms with Gasteiger partial charge in [-0.25, -0.2) is 4.98 Å². The Morgan fingerprint density at radius 2 is 1.85 bits per heavy atom. The van der Waals surface area contributed by atoms with Gasteiger partial charge in [0, 0.05) is 10.0 Å². The van der Waals surface area contributed by atoms with Crippen LogP contribution in [0.4, 0.5) is 5.13 Å². The number of ether oxygens (including phenoxy) is 1. The molecule has 3 aromatic carbocycles. The van der Waals surface area contributed by atoms with Crippen LogP contribution in [0.2, 0.25) is 0 Å². The van der Waals surface area contributed by atoms with Crippen LogP contribution in [0.15, 0.2) is 82.8 Å². The molecule has 4 aromatic rings. The molecule has 0 aliphatic carbocycles. The Balaban J connectivity index is 1.73. The minimum Gasteiger partial charge on any atom is -0.507 e. The number of hydrogen-bond acceptors (Lipinski definition) is 6. The van der Waals surface area contributed by atoms with E-state index in [-0.39, 0.29) is 11.3 Å². The Hall–Kier alpha value is -3.49. The number of Topliss-reactive ketones (excluding diaryl/α,β-unsaturated/α-hetero) is 1. The van der Waals surface area contributed by atoms with Gasteiger partial charge in [0.2, 0.25) is 0 Å².